The van der Waals surface area contributed by atoms with E-state index in [0.717, 1.165) is 12.1 Å². The third-order valence-corrected chi connectivity index (χ3v) is 4.15. The van der Waals surface area contributed by atoms with Gasteiger partial charge in [0, 0.05) is 38.4 Å². The monoisotopic (exact) mass is 324 g/mol. The molecular weight excluding hydrogens is 304 g/mol. The molecule has 1 aromatic heterocycles. The fourth-order valence-electron chi connectivity index (χ4n) is 2.91. The minimum Gasteiger partial charge on any atom is -0.355 e. The van der Waals surface area contributed by atoms with E-state index in [-0.39, 0.29) is 17.9 Å². The number of carbonyl (C=O) groups is 2. The van der Waals surface area contributed by atoms with E-state index < -0.39 is 0 Å². The van der Waals surface area contributed by atoms with Crippen LogP contribution in [-0.4, -0.2) is 48.4 Å². The molecule has 0 bridgehead atoms. The summed E-state index contributed by atoms with van der Waals surface area (Å²) in [6.45, 7) is 1.99. The number of piperazine rings is 1. The molecule has 2 heterocycles. The molecule has 6 nitrogen and oxygen atoms in total. The van der Waals surface area contributed by atoms with Crippen molar-refractivity contribution >= 4 is 11.8 Å². The van der Waals surface area contributed by atoms with Crippen molar-refractivity contribution in [2.75, 3.05) is 26.7 Å². The lowest BCUT2D eigenvalue weighted by molar-refractivity contribution is 0.0628. The van der Waals surface area contributed by atoms with Gasteiger partial charge in [-0.05, 0) is 29.8 Å². The molecule has 3 rings (SSSR count). The van der Waals surface area contributed by atoms with Crippen molar-refractivity contribution in [1.82, 2.24) is 20.5 Å². The summed E-state index contributed by atoms with van der Waals surface area (Å²) in [5.74, 6) is -0.226. The zero-order valence-corrected chi connectivity index (χ0v) is 13.5. The smallest absolute Gasteiger partial charge is 0.273 e. The molecule has 1 fully saturated rings. The van der Waals surface area contributed by atoms with Crippen molar-refractivity contribution in [3.05, 3.63) is 65.5 Å². The SMILES string of the molecule is CNC(=O)c1cccc([C@H]2CNCCN2C(=O)c2ccccn2)c1. The van der Waals surface area contributed by atoms with E-state index in [1.165, 1.54) is 0 Å². The molecule has 2 N–H and O–H groups in total. The molecule has 24 heavy (non-hydrogen) atoms. The second-order valence-corrected chi connectivity index (χ2v) is 5.64. The third-order valence-electron chi connectivity index (χ3n) is 4.15. The first-order valence-corrected chi connectivity index (χ1v) is 7.95. The second kappa shape index (κ2) is 7.23. The molecule has 1 aromatic carbocycles. The van der Waals surface area contributed by atoms with Crippen molar-refractivity contribution in [3.63, 3.8) is 0 Å². The molecule has 6 heteroatoms. The number of benzene rings is 1. The minimum atomic E-state index is -0.136. The number of hydrogen-bond acceptors (Lipinski definition) is 4. The second-order valence-electron chi connectivity index (χ2n) is 5.64. The highest BCUT2D eigenvalue weighted by molar-refractivity contribution is 5.94. The summed E-state index contributed by atoms with van der Waals surface area (Å²) in [6.07, 6.45) is 1.62. The maximum Gasteiger partial charge on any atom is 0.273 e. The van der Waals surface area contributed by atoms with Crippen LogP contribution in [0.15, 0.2) is 48.7 Å². The fraction of sp³-hybridized carbons (Fsp3) is 0.278. The van der Waals surface area contributed by atoms with Crippen LogP contribution in [-0.2, 0) is 0 Å². The van der Waals surface area contributed by atoms with Crippen LogP contribution in [0.5, 0.6) is 0 Å². The summed E-state index contributed by atoms with van der Waals surface area (Å²) in [4.78, 5) is 30.7. The molecule has 0 spiro atoms. The summed E-state index contributed by atoms with van der Waals surface area (Å²) in [5, 5.41) is 5.94. The van der Waals surface area contributed by atoms with Crippen LogP contribution in [0.1, 0.15) is 32.5 Å². The van der Waals surface area contributed by atoms with Crippen molar-refractivity contribution in [3.8, 4) is 0 Å². The number of rotatable bonds is 3. The van der Waals surface area contributed by atoms with Gasteiger partial charge < -0.3 is 15.5 Å². The van der Waals surface area contributed by atoms with Gasteiger partial charge in [0.05, 0.1) is 6.04 Å². The standard InChI is InChI=1S/C18H20N4O2/c1-19-17(23)14-6-4-5-13(11-14)16-12-20-9-10-22(16)18(24)15-7-2-3-8-21-15/h2-8,11,16,20H,9-10,12H2,1H3,(H,19,23)/t16-/m1/s1. The topological polar surface area (TPSA) is 74.3 Å². The Balaban J connectivity index is 1.90. The normalized spacial score (nSPS) is 17.4. The zero-order chi connectivity index (χ0) is 16.9. The highest BCUT2D eigenvalue weighted by atomic mass is 16.2. The maximum atomic E-state index is 12.8. The van der Waals surface area contributed by atoms with Gasteiger partial charge in [-0.1, -0.05) is 18.2 Å². The number of hydrogen-bond donors (Lipinski definition) is 2. The van der Waals surface area contributed by atoms with E-state index in [9.17, 15) is 9.59 Å². The predicted octanol–water partition coefficient (Wildman–Crippen LogP) is 1.23. The van der Waals surface area contributed by atoms with Crippen LogP contribution in [0.3, 0.4) is 0 Å². The van der Waals surface area contributed by atoms with E-state index in [1.54, 1.807) is 31.4 Å². The van der Waals surface area contributed by atoms with Crippen LogP contribution >= 0.6 is 0 Å². The van der Waals surface area contributed by atoms with Crippen molar-refractivity contribution in [2.45, 2.75) is 6.04 Å². The predicted molar refractivity (Wildman–Crippen MR) is 90.7 cm³/mol. The molecule has 0 unspecified atom stereocenters. The summed E-state index contributed by atoms with van der Waals surface area (Å²) < 4.78 is 0. The van der Waals surface area contributed by atoms with Crippen LogP contribution in [0.2, 0.25) is 0 Å². The first kappa shape index (κ1) is 16.1. The van der Waals surface area contributed by atoms with Crippen LogP contribution in [0.4, 0.5) is 0 Å². The van der Waals surface area contributed by atoms with Gasteiger partial charge in [-0.3, -0.25) is 14.6 Å². The van der Waals surface area contributed by atoms with Gasteiger partial charge in [0.2, 0.25) is 0 Å². The minimum absolute atomic E-state index is 0.0903. The van der Waals surface area contributed by atoms with E-state index in [4.69, 9.17) is 0 Å². The van der Waals surface area contributed by atoms with Crippen molar-refractivity contribution in [2.24, 2.45) is 0 Å². The summed E-state index contributed by atoms with van der Waals surface area (Å²) in [6, 6.07) is 12.6. The molecule has 0 radical (unpaired) electrons. The van der Waals surface area contributed by atoms with Gasteiger partial charge in [-0.15, -0.1) is 0 Å². The highest BCUT2D eigenvalue weighted by Crippen LogP contribution is 2.24. The summed E-state index contributed by atoms with van der Waals surface area (Å²) >= 11 is 0. The lowest BCUT2D eigenvalue weighted by Crippen LogP contribution is -2.48. The number of nitrogens with zero attached hydrogens (tertiary/aromatic N) is 2. The Hall–Kier alpha value is -2.73. The fourth-order valence-corrected chi connectivity index (χ4v) is 2.91. The number of nitrogens with one attached hydrogen (secondary N) is 2. The van der Waals surface area contributed by atoms with Gasteiger partial charge in [0.1, 0.15) is 5.69 Å². The maximum absolute atomic E-state index is 12.8. The molecule has 124 valence electrons. The quantitative estimate of drug-likeness (QED) is 0.890. The number of aromatic nitrogens is 1. The van der Waals surface area contributed by atoms with Crippen LogP contribution in [0, 0.1) is 0 Å². The Bertz CT molecular complexity index is 733. The number of amides is 2. The number of carbonyl (C=O) groups excluding carboxylic acids is 2. The lowest BCUT2D eigenvalue weighted by Gasteiger charge is -2.36. The van der Waals surface area contributed by atoms with Crippen LogP contribution in [0.25, 0.3) is 0 Å². The Morgan fingerprint density at radius 3 is 2.88 bits per heavy atom. The zero-order valence-electron chi connectivity index (χ0n) is 13.5. The average molecular weight is 324 g/mol. The van der Waals surface area contributed by atoms with E-state index >= 15 is 0 Å². The largest absolute Gasteiger partial charge is 0.355 e. The Kier molecular flexibility index (Phi) is 4.86. The van der Waals surface area contributed by atoms with Gasteiger partial charge in [-0.25, -0.2) is 0 Å². The Morgan fingerprint density at radius 2 is 2.12 bits per heavy atom. The Morgan fingerprint density at radius 1 is 1.25 bits per heavy atom. The van der Waals surface area contributed by atoms with E-state index in [2.05, 4.69) is 15.6 Å². The molecule has 0 saturated carbocycles. The van der Waals surface area contributed by atoms with Gasteiger partial charge in [0.15, 0.2) is 0 Å². The molecule has 1 aliphatic heterocycles. The van der Waals surface area contributed by atoms with Gasteiger partial charge in [0.25, 0.3) is 11.8 Å². The van der Waals surface area contributed by atoms with Gasteiger partial charge in [-0.2, -0.15) is 0 Å². The van der Waals surface area contributed by atoms with Crippen molar-refractivity contribution in [1.29, 1.82) is 0 Å². The van der Waals surface area contributed by atoms with E-state index in [1.807, 2.05) is 29.2 Å². The molecule has 0 aliphatic carbocycles. The molecule has 1 saturated heterocycles. The summed E-state index contributed by atoms with van der Waals surface area (Å²) in [5.41, 5.74) is 1.96. The third kappa shape index (κ3) is 3.28. The molecule has 2 amide bonds. The number of pyridine rings is 1. The lowest BCUT2D eigenvalue weighted by atomic mass is 10.00. The van der Waals surface area contributed by atoms with E-state index in [0.29, 0.717) is 24.3 Å². The van der Waals surface area contributed by atoms with Gasteiger partial charge >= 0.3 is 0 Å². The molecule has 1 aliphatic rings. The van der Waals surface area contributed by atoms with Crippen molar-refractivity contribution < 1.29 is 9.59 Å². The first-order valence-electron chi connectivity index (χ1n) is 7.95. The highest BCUT2D eigenvalue weighted by Gasteiger charge is 2.29. The Labute approximate surface area is 140 Å². The molecule has 2 aromatic rings. The molecule has 1 atom stereocenters. The molecular formula is C18H20N4O2. The van der Waals surface area contributed by atoms with Crippen LogP contribution < -0.4 is 10.6 Å². The first-order chi connectivity index (χ1) is 11.7. The summed E-state index contributed by atoms with van der Waals surface area (Å²) in [7, 11) is 1.61. The average Bonchev–Trinajstić information content (AvgIpc) is 2.67.